The van der Waals surface area contributed by atoms with Crippen LogP contribution >= 0.6 is 0 Å². The van der Waals surface area contributed by atoms with Crippen LogP contribution in [0.1, 0.15) is 15.9 Å². The van der Waals surface area contributed by atoms with E-state index in [0.717, 1.165) is 22.6 Å². The van der Waals surface area contributed by atoms with E-state index in [-0.39, 0.29) is 18.1 Å². The van der Waals surface area contributed by atoms with Crippen LogP contribution in [0, 0.1) is 0 Å². The maximum absolute atomic E-state index is 12.6. The van der Waals surface area contributed by atoms with Gasteiger partial charge in [-0.3, -0.25) is 4.79 Å². The summed E-state index contributed by atoms with van der Waals surface area (Å²) in [6, 6.07) is 18.9. The van der Waals surface area contributed by atoms with Crippen LogP contribution in [-0.2, 0) is 16.1 Å². The number of esters is 1. The van der Waals surface area contributed by atoms with Crippen LogP contribution in [0.25, 0.3) is 16.9 Å². The van der Waals surface area contributed by atoms with E-state index >= 15 is 0 Å². The zero-order valence-corrected chi connectivity index (χ0v) is 17.8. The molecule has 0 spiro atoms. The Morgan fingerprint density at radius 1 is 1.03 bits per heavy atom. The minimum absolute atomic E-state index is 0.202. The molecule has 162 valence electrons. The van der Waals surface area contributed by atoms with Crippen molar-refractivity contribution in [2.45, 2.75) is 6.54 Å². The lowest BCUT2D eigenvalue weighted by Crippen LogP contribution is -2.30. The molecule has 0 aliphatic carbocycles. The molecule has 0 saturated heterocycles. The number of likely N-dealkylation sites (N-methyl/N-ethyl adjacent to an activating group) is 1. The molecule has 2 heterocycles. The molecule has 0 N–H and O–H groups in total. The third kappa shape index (κ3) is 4.44. The Balaban J connectivity index is 1.42. The standard InChI is InChI=1S/C24H22N4O4/c1-27(15-17-8-10-19(31-2)11-9-17)22(29)16-32-24(30)20-14-26-28-21(12-13-25-23(20)28)18-6-4-3-5-7-18/h3-14H,15-16H2,1-2H3. The van der Waals surface area contributed by atoms with Crippen LogP contribution in [0.15, 0.2) is 73.1 Å². The summed E-state index contributed by atoms with van der Waals surface area (Å²) in [4.78, 5) is 30.8. The monoisotopic (exact) mass is 430 g/mol. The van der Waals surface area contributed by atoms with E-state index in [4.69, 9.17) is 9.47 Å². The summed E-state index contributed by atoms with van der Waals surface area (Å²) < 4.78 is 12.0. The molecule has 0 aliphatic rings. The van der Waals surface area contributed by atoms with Crippen molar-refractivity contribution in [2.75, 3.05) is 20.8 Å². The normalized spacial score (nSPS) is 10.7. The first-order valence-corrected chi connectivity index (χ1v) is 9.99. The number of hydrogen-bond acceptors (Lipinski definition) is 6. The van der Waals surface area contributed by atoms with Crippen LogP contribution < -0.4 is 4.74 Å². The number of fused-ring (bicyclic) bond motifs is 1. The lowest BCUT2D eigenvalue weighted by atomic mass is 10.1. The van der Waals surface area contributed by atoms with Crippen LogP contribution in [0.3, 0.4) is 0 Å². The highest BCUT2D eigenvalue weighted by Gasteiger charge is 2.19. The van der Waals surface area contributed by atoms with E-state index in [1.807, 2.05) is 60.7 Å². The number of carbonyl (C=O) groups excluding carboxylic acids is 2. The molecule has 2 aromatic heterocycles. The molecule has 0 aliphatic heterocycles. The van der Waals surface area contributed by atoms with Crippen molar-refractivity contribution in [1.29, 1.82) is 0 Å². The second-order valence-electron chi connectivity index (χ2n) is 7.16. The van der Waals surface area contributed by atoms with E-state index in [0.29, 0.717) is 12.2 Å². The van der Waals surface area contributed by atoms with Crippen molar-refractivity contribution in [3.05, 3.63) is 84.2 Å². The Labute approximate surface area is 185 Å². The van der Waals surface area contributed by atoms with E-state index in [2.05, 4.69) is 10.1 Å². The first-order valence-electron chi connectivity index (χ1n) is 9.99. The highest BCUT2D eigenvalue weighted by molar-refractivity contribution is 5.97. The summed E-state index contributed by atoms with van der Waals surface area (Å²) >= 11 is 0. The van der Waals surface area contributed by atoms with Gasteiger partial charge in [0.25, 0.3) is 5.91 Å². The van der Waals surface area contributed by atoms with Gasteiger partial charge in [0.05, 0.1) is 19.0 Å². The number of methoxy groups -OCH3 is 1. The highest BCUT2D eigenvalue weighted by Crippen LogP contribution is 2.21. The zero-order chi connectivity index (χ0) is 22.5. The molecule has 8 heteroatoms. The lowest BCUT2D eigenvalue weighted by molar-refractivity contribution is -0.133. The van der Waals surface area contributed by atoms with Gasteiger partial charge >= 0.3 is 5.97 Å². The van der Waals surface area contributed by atoms with Gasteiger partial charge in [-0.25, -0.2) is 14.3 Å². The van der Waals surface area contributed by atoms with E-state index in [9.17, 15) is 9.59 Å². The summed E-state index contributed by atoms with van der Waals surface area (Å²) in [5.74, 6) is -0.221. The molecule has 4 rings (SSSR count). The van der Waals surface area contributed by atoms with Crippen LogP contribution in [-0.4, -0.2) is 52.1 Å². The van der Waals surface area contributed by atoms with Crippen LogP contribution in [0.2, 0.25) is 0 Å². The molecule has 0 bridgehead atoms. The molecule has 1 amide bonds. The first-order chi connectivity index (χ1) is 15.6. The Morgan fingerprint density at radius 2 is 1.78 bits per heavy atom. The molecule has 4 aromatic rings. The fourth-order valence-electron chi connectivity index (χ4n) is 3.27. The molecule has 8 nitrogen and oxygen atoms in total. The summed E-state index contributed by atoms with van der Waals surface area (Å²) in [6.45, 7) is 0.0142. The van der Waals surface area contributed by atoms with E-state index in [1.54, 1.807) is 24.9 Å². The number of carbonyl (C=O) groups is 2. The maximum atomic E-state index is 12.6. The maximum Gasteiger partial charge on any atom is 0.344 e. The first kappa shape index (κ1) is 21.0. The molecule has 0 saturated carbocycles. The van der Waals surface area contributed by atoms with E-state index < -0.39 is 5.97 Å². The van der Waals surface area contributed by atoms with Gasteiger partial charge < -0.3 is 14.4 Å². The Morgan fingerprint density at radius 3 is 2.50 bits per heavy atom. The van der Waals surface area contributed by atoms with Crippen LogP contribution in [0.4, 0.5) is 0 Å². The quantitative estimate of drug-likeness (QED) is 0.419. The fraction of sp³-hybridized carbons (Fsp3) is 0.167. The predicted octanol–water partition coefficient (Wildman–Crippen LogP) is 3.22. The molecule has 0 radical (unpaired) electrons. The number of aromatic nitrogens is 3. The molecule has 0 fully saturated rings. The molecular formula is C24H22N4O4. The van der Waals surface area contributed by atoms with Gasteiger partial charge in [-0.1, -0.05) is 42.5 Å². The van der Waals surface area contributed by atoms with Gasteiger partial charge in [0.2, 0.25) is 0 Å². The lowest BCUT2D eigenvalue weighted by Gasteiger charge is -2.17. The highest BCUT2D eigenvalue weighted by atomic mass is 16.5. The largest absolute Gasteiger partial charge is 0.497 e. The smallest absolute Gasteiger partial charge is 0.344 e. The fourth-order valence-corrected chi connectivity index (χ4v) is 3.27. The summed E-state index contributed by atoms with van der Waals surface area (Å²) in [7, 11) is 3.25. The van der Waals surface area contributed by atoms with Gasteiger partial charge in [0.1, 0.15) is 11.3 Å². The van der Waals surface area contributed by atoms with Crippen molar-refractivity contribution in [3.63, 3.8) is 0 Å². The number of amides is 1. The molecule has 0 unspecified atom stereocenters. The second kappa shape index (κ2) is 9.30. The molecule has 32 heavy (non-hydrogen) atoms. The molecule has 2 aromatic carbocycles. The average molecular weight is 430 g/mol. The number of nitrogens with zero attached hydrogens (tertiary/aromatic N) is 4. The number of benzene rings is 2. The summed E-state index contributed by atoms with van der Waals surface area (Å²) in [6.07, 6.45) is 3.02. The second-order valence-corrected chi connectivity index (χ2v) is 7.16. The summed E-state index contributed by atoms with van der Waals surface area (Å²) in [5.41, 5.74) is 3.25. The third-order valence-corrected chi connectivity index (χ3v) is 5.02. The van der Waals surface area contributed by atoms with Crippen molar-refractivity contribution in [2.24, 2.45) is 0 Å². The minimum Gasteiger partial charge on any atom is -0.497 e. The third-order valence-electron chi connectivity index (χ3n) is 5.02. The number of rotatable bonds is 7. The number of ether oxygens (including phenoxy) is 2. The summed E-state index contributed by atoms with van der Waals surface area (Å²) in [5, 5.41) is 4.30. The van der Waals surface area contributed by atoms with Crippen LogP contribution in [0.5, 0.6) is 5.75 Å². The Bertz CT molecular complexity index is 1240. The number of hydrogen-bond donors (Lipinski definition) is 0. The van der Waals surface area contributed by atoms with Gasteiger partial charge in [-0.05, 0) is 23.8 Å². The van der Waals surface area contributed by atoms with Crippen molar-refractivity contribution < 1.29 is 19.1 Å². The van der Waals surface area contributed by atoms with E-state index in [1.165, 1.54) is 11.1 Å². The molecular weight excluding hydrogens is 408 g/mol. The van der Waals surface area contributed by atoms with Gasteiger partial charge in [0, 0.05) is 25.4 Å². The average Bonchev–Trinajstić information content (AvgIpc) is 3.27. The zero-order valence-electron chi connectivity index (χ0n) is 17.8. The minimum atomic E-state index is -0.649. The Hall–Kier alpha value is -4.20. The Kier molecular flexibility index (Phi) is 6.12. The predicted molar refractivity (Wildman–Crippen MR) is 118 cm³/mol. The van der Waals surface area contributed by atoms with Gasteiger partial charge in [0.15, 0.2) is 12.3 Å². The van der Waals surface area contributed by atoms with Crippen molar-refractivity contribution in [1.82, 2.24) is 19.5 Å². The van der Waals surface area contributed by atoms with Crippen molar-refractivity contribution >= 4 is 17.5 Å². The molecule has 0 atom stereocenters. The van der Waals surface area contributed by atoms with Gasteiger partial charge in [-0.15, -0.1) is 0 Å². The topological polar surface area (TPSA) is 86.0 Å². The van der Waals surface area contributed by atoms with Gasteiger partial charge in [-0.2, -0.15) is 5.10 Å². The van der Waals surface area contributed by atoms with Crippen molar-refractivity contribution in [3.8, 4) is 17.0 Å². The SMILES string of the molecule is COc1ccc(CN(C)C(=O)COC(=O)c2cnn3c(-c4ccccc4)ccnc23)cc1.